The summed E-state index contributed by atoms with van der Waals surface area (Å²) in [5, 5.41) is 0. The Morgan fingerprint density at radius 1 is 0.173 bits per heavy atom. The minimum atomic E-state index is -1.25. The summed E-state index contributed by atoms with van der Waals surface area (Å²) in [6.07, 6.45) is 87.6. The molecule has 0 spiro atoms. The van der Waals surface area contributed by atoms with Gasteiger partial charge in [-0.25, -0.2) is 0 Å². The molecule has 22 saturated carbocycles. The van der Waals surface area contributed by atoms with Crippen LogP contribution >= 0.6 is 68.1 Å². The van der Waals surface area contributed by atoms with Crippen LogP contribution in [0.1, 0.15) is 409 Å². The van der Waals surface area contributed by atoms with Crippen molar-refractivity contribution in [3.05, 3.63) is 59.4 Å². The zero-order valence-electron chi connectivity index (χ0n) is 95.3. The van der Waals surface area contributed by atoms with Gasteiger partial charge in [-0.1, -0.05) is 339 Å². The third-order valence-corrected chi connectivity index (χ3v) is 71.3. The van der Waals surface area contributed by atoms with Crippen LogP contribution in [0.4, 0.5) is 0 Å². The van der Waals surface area contributed by atoms with E-state index in [1.54, 1.807) is 327 Å². The normalized spacial score (nSPS) is 43.8. The second kappa shape index (κ2) is 60.8. The first-order chi connectivity index (χ1) is 63.1. The van der Waals surface area contributed by atoms with Gasteiger partial charge in [-0.05, 0) is 379 Å². The molecule has 0 aromatic rings. The van der Waals surface area contributed by atoms with Crippen molar-refractivity contribution in [3.8, 4) is 0 Å². The van der Waals surface area contributed by atoms with E-state index >= 15 is 0 Å². The van der Waals surface area contributed by atoms with Crippen LogP contribution < -0.4 is 0 Å². The Morgan fingerprint density at radius 2 is 0.367 bits per heavy atom. The molecule has 0 heterocycles. The van der Waals surface area contributed by atoms with Gasteiger partial charge in [0.05, 0.1) is 32.3 Å². The van der Waals surface area contributed by atoms with E-state index in [-0.39, 0.29) is 59.4 Å². The number of halogens is 8. The maximum atomic E-state index is 4.93. The van der Waals surface area contributed by atoms with Gasteiger partial charge < -0.3 is 59.4 Å². The fourth-order valence-electron chi connectivity index (χ4n) is 43.9. The van der Waals surface area contributed by atoms with Gasteiger partial charge in [0.15, 0.2) is 0 Å². The number of rotatable bonds is 16. The third-order valence-electron chi connectivity index (χ3n) is 50.5. The van der Waals surface area contributed by atoms with E-state index < -0.39 is 116 Å². The molecule has 44 unspecified atom stereocenters. The Morgan fingerprint density at radius 3 is 0.683 bits per heavy atom. The molecule has 0 N–H and O–H groups in total. The quantitative estimate of drug-likeness (QED) is 0.107. The predicted molar refractivity (Wildman–Crippen MR) is 623 cm³/mol. The molecular formula is C123H226Cl8Si4Zr4. The van der Waals surface area contributed by atoms with Crippen LogP contribution in [0.5, 0.6) is 0 Å². The first-order valence-corrected chi connectivity index (χ1v) is 96.9. The fourth-order valence-corrected chi connectivity index (χ4v) is 65.4. The molecule has 0 aliphatic heterocycles. The zero-order valence-corrected chi connectivity index (χ0v) is 115. The Bertz CT molecular complexity index is 3400. The molecule has 22 aliphatic rings. The summed E-state index contributed by atoms with van der Waals surface area (Å²) in [5.41, 5.74) is 9.40. The molecule has 22 aliphatic carbocycles. The van der Waals surface area contributed by atoms with E-state index in [2.05, 4.69) is 108 Å². The van der Waals surface area contributed by atoms with E-state index in [1.165, 1.54) is 70.0 Å². The SMILES string of the molecule is CCC(C)C1CC([Si](C)(C)C2CCC3C4CCCCC4CCC32)C2CC3CCCC3CC12.CCC(C)C1CC([Si](C)(C)C2CCC3CC4CCCC4CC32)C2CC3CCCC3CC12.CCC(C)C1CC([Si](C)(C)C2CCC3CC4CCCC4CC32)C2CCCCC12.CCC(C)C1CC([Si](C)(C)C2CCC3CCCCC32)C2CC3CCCC3CC12.[CH3-].[CH3-].[CH3-].[CH3-].[CH3-].[CH3-].[CH3-].[CH3-].[Cl][Zr+2][Cl].[Cl][Zr+2][Cl].[Cl][Zr+2][Cl].[Cl][Zr+2][Cl]. The molecular weight excluding hydrogens is 2240 g/mol. The number of hydrogen-bond donors (Lipinski definition) is 0. The van der Waals surface area contributed by atoms with Crippen LogP contribution in [0.15, 0.2) is 0 Å². The van der Waals surface area contributed by atoms with Crippen molar-refractivity contribution in [1.82, 2.24) is 0 Å². The molecule has 0 saturated heterocycles. The molecule has 22 rings (SSSR count). The summed E-state index contributed by atoms with van der Waals surface area (Å²) in [5.74, 6) is 40.1. The van der Waals surface area contributed by atoms with Crippen LogP contribution in [-0.2, 0) is 83.4 Å². The Balaban J connectivity index is 0.000000238. The Kier molecular flexibility index (Phi) is 58.0. The predicted octanol–water partition coefficient (Wildman–Crippen LogP) is 44.9. The van der Waals surface area contributed by atoms with Crippen LogP contribution in [-0.4, -0.2) is 32.3 Å². The molecule has 0 nitrogen and oxygen atoms in total. The minimum absolute atomic E-state index is 0. The van der Waals surface area contributed by atoms with Crippen LogP contribution in [0, 0.1) is 272 Å². The van der Waals surface area contributed by atoms with E-state index in [4.69, 9.17) is 68.1 Å². The van der Waals surface area contributed by atoms with Crippen LogP contribution in [0.25, 0.3) is 0 Å². The standard InChI is InChI=1S/C31H54Si.C30H52Si.2C27H48Si.8CH3.8ClH.4Zr/c1-5-20(2)27-19-31(29-18-23-11-8-10-22(23)17-28(27)29)32(3,4)30-16-15-25-24-12-7-6-9-21(24)13-14-26(25)30;1-5-19(2)25-18-30(28-17-23-11-7-10-22(23)16-27(25)28)31(3,4)29-13-12-24-14-20-8-6-9-21(20)15-26(24)29;1-5-18(2)24-17-27(23-12-7-6-11-22(23)24)28(3,4)26-14-13-21-15-19-9-8-10-20(19)16-25(21)26;1-5-18(2)23-17-27(25-16-21-11-8-10-20(21)15-24(23)25)28(3,4)26-14-13-19-9-6-7-12-22(19)26;;;;;;;;;;;;;;;;;;;;/h20-31H,5-19H2,1-4H3;19-30H,5-18H2,1-4H3;2*18-27H,5-17H2,1-4H3;8*1H3;8*1H;;;;/q;;;;8*-1;;;;;;;;;4*+4/p-8. The van der Waals surface area contributed by atoms with Crippen LogP contribution in [0.2, 0.25) is 96.7 Å². The van der Waals surface area contributed by atoms with Crippen molar-refractivity contribution in [1.29, 1.82) is 0 Å². The first kappa shape index (κ1) is 133. The summed E-state index contributed by atoms with van der Waals surface area (Å²) < 4.78 is 0. The summed E-state index contributed by atoms with van der Waals surface area (Å²) in [6.45, 7) is 43.7. The van der Waals surface area contributed by atoms with Gasteiger partial charge in [0, 0.05) is 0 Å². The summed E-state index contributed by atoms with van der Waals surface area (Å²) >= 11 is -3.30. The maximum absolute atomic E-state index is 4.93. The second-order valence-corrected chi connectivity index (χ2v) is 90.7. The molecule has 0 amide bonds. The van der Waals surface area contributed by atoms with Gasteiger partial charge in [0.2, 0.25) is 0 Å². The van der Waals surface area contributed by atoms with Gasteiger partial charge in [-0.2, -0.15) is 0 Å². The summed E-state index contributed by atoms with van der Waals surface area (Å²) in [6, 6.07) is 0. The van der Waals surface area contributed by atoms with Crippen molar-refractivity contribution >= 4 is 100 Å². The Hall–Kier alpha value is 6.72. The number of fused-ring (bicyclic) bond motifs is 15. The van der Waals surface area contributed by atoms with E-state index in [0.717, 1.165) is 213 Å². The first-order valence-electron chi connectivity index (χ1n) is 59.0. The van der Waals surface area contributed by atoms with Crippen molar-refractivity contribution in [2.24, 2.45) is 213 Å². The molecule has 16 heteroatoms. The van der Waals surface area contributed by atoms with E-state index in [0.29, 0.717) is 0 Å². The topological polar surface area (TPSA) is 0 Å². The summed E-state index contributed by atoms with van der Waals surface area (Å²) in [7, 11) is 34.6. The molecule has 0 aromatic heterocycles. The molecule has 22 fully saturated rings. The summed E-state index contributed by atoms with van der Waals surface area (Å²) in [4.78, 5) is 0. The average Bonchev–Trinajstić information content (AvgIpc) is 1.58. The molecule has 0 aromatic carbocycles. The molecule has 0 bridgehead atoms. The van der Waals surface area contributed by atoms with Crippen LogP contribution in [0.3, 0.4) is 0 Å². The van der Waals surface area contributed by atoms with Gasteiger partial charge >= 0.3 is 151 Å². The van der Waals surface area contributed by atoms with Crippen molar-refractivity contribution in [2.45, 2.75) is 505 Å². The van der Waals surface area contributed by atoms with Gasteiger partial charge in [0.1, 0.15) is 0 Å². The second-order valence-electron chi connectivity index (χ2n) is 55.3. The van der Waals surface area contributed by atoms with E-state index in [1.807, 2.05) is 0 Å². The van der Waals surface area contributed by atoms with Gasteiger partial charge in [-0.15, -0.1) is 0 Å². The average molecular weight is 2470 g/mol. The Labute approximate surface area is 949 Å². The van der Waals surface area contributed by atoms with Crippen molar-refractivity contribution in [2.75, 3.05) is 0 Å². The third kappa shape index (κ3) is 29.0. The fraction of sp³-hybridized carbons (Fsp3) is 0.935. The van der Waals surface area contributed by atoms with Crippen molar-refractivity contribution < 1.29 is 83.4 Å². The molecule has 806 valence electrons. The monoisotopic (exact) mass is 2460 g/mol. The van der Waals surface area contributed by atoms with E-state index in [9.17, 15) is 0 Å². The van der Waals surface area contributed by atoms with Gasteiger partial charge in [0.25, 0.3) is 0 Å². The molecule has 139 heavy (non-hydrogen) atoms. The number of hydrogen-bond acceptors (Lipinski definition) is 0. The molecule has 44 atom stereocenters. The van der Waals surface area contributed by atoms with Crippen molar-refractivity contribution in [3.63, 3.8) is 0 Å². The molecule has 0 radical (unpaired) electrons. The van der Waals surface area contributed by atoms with Gasteiger partial charge in [-0.3, -0.25) is 0 Å². The zero-order chi connectivity index (χ0) is 93.1.